The van der Waals surface area contributed by atoms with Gasteiger partial charge in [-0.15, -0.1) is 0 Å². The van der Waals surface area contributed by atoms with Gasteiger partial charge in [0.25, 0.3) is 0 Å². The van der Waals surface area contributed by atoms with Gasteiger partial charge in [-0.1, -0.05) is 48.5 Å². The summed E-state index contributed by atoms with van der Waals surface area (Å²) in [4.78, 5) is 7.11. The molecular formula is C27H32N6O3. The number of para-hydroxylation sites is 1. The highest BCUT2D eigenvalue weighted by Gasteiger charge is 2.39. The third-order valence-electron chi connectivity index (χ3n) is 7.10. The van der Waals surface area contributed by atoms with Crippen LogP contribution in [0.15, 0.2) is 65.8 Å². The van der Waals surface area contributed by atoms with Crippen LogP contribution < -0.4 is 15.8 Å². The molecule has 9 nitrogen and oxygen atoms in total. The summed E-state index contributed by atoms with van der Waals surface area (Å²) in [6, 6.07) is 18.5. The van der Waals surface area contributed by atoms with Crippen LogP contribution in [0, 0.1) is 0 Å². The molecule has 1 aromatic heterocycles. The monoisotopic (exact) mass is 488 g/mol. The smallest absolute Gasteiger partial charge is 0.164 e. The Kier molecular flexibility index (Phi) is 6.47. The van der Waals surface area contributed by atoms with Crippen molar-refractivity contribution in [2.45, 2.75) is 25.0 Å². The van der Waals surface area contributed by atoms with Crippen molar-refractivity contribution in [1.82, 2.24) is 14.8 Å². The van der Waals surface area contributed by atoms with Crippen molar-refractivity contribution in [1.29, 1.82) is 0 Å². The van der Waals surface area contributed by atoms with Gasteiger partial charge >= 0.3 is 0 Å². The fraction of sp³-hybridized carbons (Fsp3) is 0.370. The van der Waals surface area contributed by atoms with Crippen molar-refractivity contribution in [2.75, 3.05) is 49.9 Å². The number of nitrogens with zero attached hydrogens (tertiary/aromatic N) is 4. The fourth-order valence-corrected chi connectivity index (χ4v) is 5.20. The molecule has 6 rings (SSSR count). The van der Waals surface area contributed by atoms with Crippen LogP contribution in [-0.4, -0.2) is 77.6 Å². The van der Waals surface area contributed by atoms with Crippen LogP contribution >= 0.6 is 0 Å². The van der Waals surface area contributed by atoms with Gasteiger partial charge in [-0.2, -0.15) is 0 Å². The van der Waals surface area contributed by atoms with E-state index in [0.29, 0.717) is 6.67 Å². The summed E-state index contributed by atoms with van der Waals surface area (Å²) < 4.78 is 7.78. The number of fused-ring (bicyclic) bond motifs is 1. The lowest BCUT2D eigenvalue weighted by Crippen LogP contribution is -2.43. The second kappa shape index (κ2) is 10.0. The predicted molar refractivity (Wildman–Crippen MR) is 140 cm³/mol. The summed E-state index contributed by atoms with van der Waals surface area (Å²) in [5, 5.41) is 26.3. The molecule has 3 aliphatic heterocycles. The topological polar surface area (TPSA) is 97.5 Å². The van der Waals surface area contributed by atoms with Crippen molar-refractivity contribution >= 4 is 17.7 Å². The average Bonchev–Trinajstić information content (AvgIpc) is 3.46. The summed E-state index contributed by atoms with van der Waals surface area (Å²) >= 11 is 0. The van der Waals surface area contributed by atoms with E-state index in [1.165, 1.54) is 5.56 Å². The number of benzene rings is 2. The average molecular weight is 489 g/mol. The first-order valence-electron chi connectivity index (χ1n) is 12.5. The molecule has 2 aromatic carbocycles. The molecule has 36 heavy (non-hydrogen) atoms. The molecule has 0 unspecified atom stereocenters. The highest BCUT2D eigenvalue weighted by Crippen LogP contribution is 2.39. The predicted octanol–water partition coefficient (Wildman–Crippen LogP) is 2.03. The first-order chi connectivity index (χ1) is 17.7. The Labute approximate surface area is 210 Å². The van der Waals surface area contributed by atoms with Gasteiger partial charge in [-0.05, 0) is 17.2 Å². The highest BCUT2D eigenvalue weighted by atomic mass is 16.5. The van der Waals surface area contributed by atoms with Gasteiger partial charge in [0.1, 0.15) is 24.7 Å². The number of anilines is 2. The van der Waals surface area contributed by atoms with Crippen molar-refractivity contribution in [2.24, 2.45) is 4.99 Å². The van der Waals surface area contributed by atoms with E-state index in [-0.39, 0.29) is 6.61 Å². The molecule has 188 valence electrons. The van der Waals surface area contributed by atoms with Crippen molar-refractivity contribution in [3.8, 4) is 11.1 Å². The molecule has 0 aliphatic carbocycles. The molecular weight excluding hydrogens is 456 g/mol. The molecule has 3 aliphatic rings. The molecule has 0 bridgehead atoms. The summed E-state index contributed by atoms with van der Waals surface area (Å²) in [6.07, 6.45) is 1.23. The quantitative estimate of drug-likeness (QED) is 0.422. The van der Waals surface area contributed by atoms with Crippen LogP contribution in [0.2, 0.25) is 0 Å². The standard InChI is InChI=1S/C27H32N6O3/c34-24-17-36-27(25(24)35)32-16-22(19-6-2-1-3-7-19)21-14-29-18-33(26(21)32)30-23-9-5-4-8-20(23)15-31-12-10-28-11-13-31/h1-9,14,16,24-25,27-28,30,34-35H,10-13,15,17-18H2/t24-,25-,27-/m1/s1. The van der Waals surface area contributed by atoms with Gasteiger partial charge in [0.05, 0.1) is 12.3 Å². The summed E-state index contributed by atoms with van der Waals surface area (Å²) in [6.45, 7) is 5.41. The zero-order chi connectivity index (χ0) is 24.5. The second-order valence-electron chi connectivity index (χ2n) is 9.51. The molecule has 0 amide bonds. The molecule has 3 aromatic rings. The Hall–Kier alpha value is -3.21. The normalized spacial score (nSPS) is 24.2. The van der Waals surface area contributed by atoms with E-state index in [2.05, 4.69) is 51.0 Å². The maximum atomic E-state index is 10.7. The van der Waals surface area contributed by atoms with E-state index in [0.717, 1.165) is 60.9 Å². The minimum atomic E-state index is -1.02. The maximum Gasteiger partial charge on any atom is 0.164 e. The number of aromatic nitrogens is 1. The zero-order valence-corrected chi connectivity index (χ0v) is 20.1. The third kappa shape index (κ3) is 4.40. The van der Waals surface area contributed by atoms with Gasteiger partial charge in [-0.25, -0.2) is 5.01 Å². The molecule has 0 saturated carbocycles. The number of piperazine rings is 1. The van der Waals surface area contributed by atoms with E-state index < -0.39 is 18.4 Å². The molecule has 9 heteroatoms. The summed E-state index contributed by atoms with van der Waals surface area (Å²) in [5.74, 6) is 0.846. The van der Waals surface area contributed by atoms with E-state index in [4.69, 9.17) is 4.74 Å². The molecule has 0 radical (unpaired) electrons. The SMILES string of the molecule is O[C@@H]1[C@H](O)CO[C@H]1n1cc(-c2ccccc2)c2c1N(Nc1ccccc1CN1CCNCC1)CN=C2. The molecule has 4 N–H and O–H groups in total. The third-order valence-corrected chi connectivity index (χ3v) is 7.10. The second-order valence-corrected chi connectivity index (χ2v) is 9.51. The first kappa shape index (κ1) is 23.2. The number of rotatable bonds is 6. The Morgan fingerprint density at radius 2 is 1.81 bits per heavy atom. The summed E-state index contributed by atoms with van der Waals surface area (Å²) in [7, 11) is 0. The highest BCUT2D eigenvalue weighted by molar-refractivity contribution is 5.98. The van der Waals surface area contributed by atoms with Gasteiger partial charge in [0.15, 0.2) is 6.23 Å². The Morgan fingerprint density at radius 1 is 1.03 bits per heavy atom. The number of hydrazine groups is 1. The molecule has 2 saturated heterocycles. The Morgan fingerprint density at radius 3 is 2.58 bits per heavy atom. The van der Waals surface area contributed by atoms with E-state index in [1.807, 2.05) is 46.3 Å². The van der Waals surface area contributed by atoms with Crippen LogP contribution in [0.4, 0.5) is 11.5 Å². The van der Waals surface area contributed by atoms with Crippen LogP contribution in [0.1, 0.15) is 17.4 Å². The van der Waals surface area contributed by atoms with Crippen molar-refractivity contribution in [3.05, 3.63) is 71.9 Å². The largest absolute Gasteiger partial charge is 0.388 e. The van der Waals surface area contributed by atoms with Gasteiger partial charge in [0.2, 0.25) is 0 Å². The minimum absolute atomic E-state index is 0.0918. The van der Waals surface area contributed by atoms with E-state index in [9.17, 15) is 10.2 Å². The number of hydrogen-bond acceptors (Lipinski definition) is 8. The molecule has 4 heterocycles. The fourth-order valence-electron chi connectivity index (χ4n) is 5.20. The zero-order valence-electron chi connectivity index (χ0n) is 20.1. The van der Waals surface area contributed by atoms with Crippen molar-refractivity contribution < 1.29 is 14.9 Å². The van der Waals surface area contributed by atoms with E-state index >= 15 is 0 Å². The lowest BCUT2D eigenvalue weighted by atomic mass is 10.0. The number of aliphatic imine (C=N–C) groups is 1. The van der Waals surface area contributed by atoms with Crippen LogP contribution in [0.5, 0.6) is 0 Å². The van der Waals surface area contributed by atoms with E-state index in [1.54, 1.807) is 0 Å². The Bertz CT molecular complexity index is 1220. The number of aliphatic hydroxyl groups is 2. The molecule has 0 spiro atoms. The number of nitrogens with one attached hydrogen (secondary N) is 2. The van der Waals surface area contributed by atoms with Crippen LogP contribution in [0.25, 0.3) is 11.1 Å². The van der Waals surface area contributed by atoms with Crippen molar-refractivity contribution in [3.63, 3.8) is 0 Å². The number of aliphatic hydroxyl groups excluding tert-OH is 2. The van der Waals surface area contributed by atoms with Gasteiger partial charge in [-0.3, -0.25) is 15.3 Å². The van der Waals surface area contributed by atoms with Gasteiger partial charge in [0, 0.05) is 56.3 Å². The lowest BCUT2D eigenvalue weighted by Gasteiger charge is -2.32. The van der Waals surface area contributed by atoms with Crippen LogP contribution in [-0.2, 0) is 11.3 Å². The first-order valence-corrected chi connectivity index (χ1v) is 12.5. The summed E-state index contributed by atoms with van der Waals surface area (Å²) in [5.41, 5.74) is 8.82. The molecule has 3 atom stereocenters. The lowest BCUT2D eigenvalue weighted by molar-refractivity contribution is -0.0172. The Balaban J connectivity index is 1.37. The maximum absolute atomic E-state index is 10.7. The van der Waals surface area contributed by atoms with Gasteiger partial charge < -0.3 is 24.8 Å². The number of ether oxygens (including phenoxy) is 1. The molecule has 2 fully saturated rings. The number of hydrogen-bond donors (Lipinski definition) is 4. The van der Waals surface area contributed by atoms with Crippen LogP contribution in [0.3, 0.4) is 0 Å². The minimum Gasteiger partial charge on any atom is -0.388 e.